The standard InChI is InChI=1S/C30H46O3/c1-18(2)19(3)8-9-20(4)24-12-13-25-26-11-10-22-16-23(32-21(5)31)14-15-29(22,7)30(26)27(33-30)17-28(24,25)6/h8-9,11,18-20,22-25,27H,10,12-17H2,1-7H3. The monoisotopic (exact) mass is 454 g/mol. The molecule has 0 bridgehead atoms. The summed E-state index contributed by atoms with van der Waals surface area (Å²) in [5.74, 6) is 3.81. The molecule has 1 aliphatic heterocycles. The van der Waals surface area contributed by atoms with Gasteiger partial charge in [0.25, 0.3) is 0 Å². The maximum absolute atomic E-state index is 11.6. The lowest BCUT2D eigenvalue weighted by molar-refractivity contribution is -0.152. The van der Waals surface area contributed by atoms with Crippen LogP contribution in [0, 0.1) is 46.3 Å². The van der Waals surface area contributed by atoms with Crippen LogP contribution < -0.4 is 0 Å². The molecule has 3 saturated carbocycles. The van der Waals surface area contributed by atoms with Crippen LogP contribution in [0.5, 0.6) is 0 Å². The number of hydrogen-bond acceptors (Lipinski definition) is 3. The minimum Gasteiger partial charge on any atom is -0.463 e. The zero-order chi connectivity index (χ0) is 23.8. The van der Waals surface area contributed by atoms with Gasteiger partial charge in [0.1, 0.15) is 11.7 Å². The van der Waals surface area contributed by atoms with E-state index in [0.717, 1.165) is 31.6 Å². The summed E-state index contributed by atoms with van der Waals surface area (Å²) in [5, 5.41) is 0. The normalized spacial score (nSPS) is 47.8. The number of esters is 1. The third-order valence-electron chi connectivity index (χ3n) is 11.2. The highest BCUT2D eigenvalue weighted by molar-refractivity contribution is 5.66. The second-order valence-corrected chi connectivity index (χ2v) is 13.2. The lowest BCUT2D eigenvalue weighted by Gasteiger charge is -2.55. The van der Waals surface area contributed by atoms with Crippen molar-refractivity contribution in [3.8, 4) is 0 Å². The van der Waals surface area contributed by atoms with Crippen molar-refractivity contribution in [3.05, 3.63) is 23.8 Å². The highest BCUT2D eigenvalue weighted by atomic mass is 16.6. The van der Waals surface area contributed by atoms with E-state index in [1.807, 2.05) is 0 Å². The molecule has 0 N–H and O–H groups in total. The number of fused-ring (bicyclic) bond motifs is 3. The fourth-order valence-corrected chi connectivity index (χ4v) is 8.87. The van der Waals surface area contributed by atoms with Gasteiger partial charge in [-0.3, -0.25) is 4.79 Å². The molecular formula is C30H46O3. The predicted molar refractivity (Wildman–Crippen MR) is 133 cm³/mol. The lowest BCUT2D eigenvalue weighted by atomic mass is 9.47. The van der Waals surface area contributed by atoms with Gasteiger partial charge in [0, 0.05) is 12.3 Å². The van der Waals surface area contributed by atoms with Gasteiger partial charge >= 0.3 is 5.97 Å². The first-order valence-corrected chi connectivity index (χ1v) is 13.8. The molecule has 0 aromatic carbocycles. The minimum absolute atomic E-state index is 0.0264. The zero-order valence-corrected chi connectivity index (χ0v) is 22.0. The van der Waals surface area contributed by atoms with Crippen LogP contribution in [0.15, 0.2) is 23.8 Å². The number of hydrogen-bond donors (Lipinski definition) is 0. The molecule has 3 nitrogen and oxygen atoms in total. The first kappa shape index (κ1) is 23.6. The molecule has 1 heterocycles. The first-order chi connectivity index (χ1) is 15.5. The van der Waals surface area contributed by atoms with Crippen LogP contribution in [0.4, 0.5) is 0 Å². The van der Waals surface area contributed by atoms with Gasteiger partial charge in [-0.15, -0.1) is 0 Å². The number of carbonyl (C=O) groups excluding carboxylic acids is 1. The fourth-order valence-electron chi connectivity index (χ4n) is 8.87. The molecule has 184 valence electrons. The van der Waals surface area contributed by atoms with Gasteiger partial charge in [0.05, 0.1) is 6.10 Å². The van der Waals surface area contributed by atoms with Gasteiger partial charge < -0.3 is 9.47 Å². The average Bonchev–Trinajstić information content (AvgIpc) is 3.36. The molecule has 5 aliphatic rings. The van der Waals surface area contributed by atoms with Crippen molar-refractivity contribution in [2.24, 2.45) is 46.3 Å². The lowest BCUT2D eigenvalue weighted by Crippen LogP contribution is -2.56. The molecule has 10 unspecified atom stereocenters. The summed E-state index contributed by atoms with van der Waals surface area (Å²) in [4.78, 5) is 11.6. The Bertz CT molecular complexity index is 857. The smallest absolute Gasteiger partial charge is 0.302 e. The molecule has 0 aromatic rings. The molecule has 1 spiro atoms. The van der Waals surface area contributed by atoms with E-state index in [4.69, 9.17) is 9.47 Å². The Balaban J connectivity index is 1.38. The molecule has 10 atom stereocenters. The second-order valence-electron chi connectivity index (χ2n) is 13.2. The van der Waals surface area contributed by atoms with E-state index in [9.17, 15) is 4.79 Å². The highest BCUT2D eigenvalue weighted by Crippen LogP contribution is 2.75. The second kappa shape index (κ2) is 7.97. The molecule has 0 aromatic heterocycles. The molecule has 0 amide bonds. The summed E-state index contributed by atoms with van der Waals surface area (Å²) in [6, 6.07) is 0. The number of allylic oxidation sites excluding steroid dienone is 3. The molecule has 4 fully saturated rings. The van der Waals surface area contributed by atoms with Gasteiger partial charge in [0.15, 0.2) is 0 Å². The van der Waals surface area contributed by atoms with Gasteiger partial charge in [-0.1, -0.05) is 59.8 Å². The Labute approximate surface area is 201 Å². The predicted octanol–water partition coefficient (Wildman–Crippen LogP) is 7.11. The van der Waals surface area contributed by atoms with Crippen molar-refractivity contribution >= 4 is 5.97 Å². The van der Waals surface area contributed by atoms with Crippen molar-refractivity contribution < 1.29 is 14.3 Å². The van der Waals surface area contributed by atoms with Crippen LogP contribution in [0.2, 0.25) is 0 Å². The highest BCUT2D eigenvalue weighted by Gasteiger charge is 2.77. The molecule has 5 rings (SSSR count). The van der Waals surface area contributed by atoms with E-state index in [1.54, 1.807) is 12.5 Å². The molecule has 33 heavy (non-hydrogen) atoms. The van der Waals surface area contributed by atoms with Crippen LogP contribution in [-0.2, 0) is 14.3 Å². The quantitative estimate of drug-likeness (QED) is 0.252. The number of carbonyl (C=O) groups is 1. The summed E-state index contributed by atoms with van der Waals surface area (Å²) in [7, 11) is 0. The Morgan fingerprint density at radius 2 is 1.91 bits per heavy atom. The fraction of sp³-hybridized carbons (Fsp3) is 0.833. The summed E-state index contributed by atoms with van der Waals surface area (Å²) in [6.07, 6.45) is 16.2. The van der Waals surface area contributed by atoms with Crippen molar-refractivity contribution in [1.29, 1.82) is 0 Å². The Morgan fingerprint density at radius 1 is 1.15 bits per heavy atom. The third-order valence-corrected chi connectivity index (χ3v) is 11.2. The molecule has 0 radical (unpaired) electrons. The summed E-state index contributed by atoms with van der Waals surface area (Å²) >= 11 is 0. The van der Waals surface area contributed by atoms with E-state index >= 15 is 0 Å². The Kier molecular flexibility index (Phi) is 5.71. The largest absolute Gasteiger partial charge is 0.463 e. The molecule has 3 heteroatoms. The molecule has 1 saturated heterocycles. The van der Waals surface area contributed by atoms with Crippen LogP contribution in [0.25, 0.3) is 0 Å². The van der Waals surface area contributed by atoms with Gasteiger partial charge in [-0.25, -0.2) is 0 Å². The van der Waals surface area contributed by atoms with Crippen molar-refractivity contribution in [3.63, 3.8) is 0 Å². The molecular weight excluding hydrogens is 408 g/mol. The van der Waals surface area contributed by atoms with Crippen LogP contribution in [0.1, 0.15) is 93.4 Å². The van der Waals surface area contributed by atoms with Gasteiger partial charge in [-0.2, -0.15) is 0 Å². The minimum atomic E-state index is -0.134. The first-order valence-electron chi connectivity index (χ1n) is 13.8. The Hall–Kier alpha value is -1.09. The van der Waals surface area contributed by atoms with Gasteiger partial charge in [-0.05, 0) is 91.4 Å². The van der Waals surface area contributed by atoms with Crippen LogP contribution in [-0.4, -0.2) is 23.8 Å². The summed E-state index contributed by atoms with van der Waals surface area (Å²) in [5.41, 5.74) is 2.18. The van der Waals surface area contributed by atoms with Crippen LogP contribution in [0.3, 0.4) is 0 Å². The van der Waals surface area contributed by atoms with Crippen LogP contribution >= 0.6 is 0 Å². The number of ether oxygens (including phenoxy) is 2. The SMILES string of the molecule is CC(=O)OC1CCC2(C)C(CC=C3C4CCC(C(C)C=CC(C)C(C)C)C4(C)CC4OC342)C1. The van der Waals surface area contributed by atoms with Crippen molar-refractivity contribution in [2.45, 2.75) is 111 Å². The van der Waals surface area contributed by atoms with Crippen molar-refractivity contribution in [2.75, 3.05) is 0 Å². The summed E-state index contributed by atoms with van der Waals surface area (Å²) in [6.45, 7) is 16.1. The molecule has 4 aliphatic carbocycles. The van der Waals surface area contributed by atoms with Gasteiger partial charge in [0.2, 0.25) is 0 Å². The third kappa shape index (κ3) is 3.42. The van der Waals surface area contributed by atoms with E-state index in [0.29, 0.717) is 41.1 Å². The maximum Gasteiger partial charge on any atom is 0.302 e. The average molecular weight is 455 g/mol. The van der Waals surface area contributed by atoms with E-state index < -0.39 is 0 Å². The van der Waals surface area contributed by atoms with E-state index in [1.165, 1.54) is 19.3 Å². The topological polar surface area (TPSA) is 38.8 Å². The van der Waals surface area contributed by atoms with E-state index in [2.05, 4.69) is 59.8 Å². The van der Waals surface area contributed by atoms with E-state index in [-0.39, 0.29) is 23.1 Å². The van der Waals surface area contributed by atoms with Crippen molar-refractivity contribution in [1.82, 2.24) is 0 Å². The Morgan fingerprint density at radius 3 is 2.61 bits per heavy atom. The summed E-state index contributed by atoms with van der Waals surface area (Å²) < 4.78 is 12.5. The number of epoxide rings is 1. The number of rotatable bonds is 5. The zero-order valence-electron chi connectivity index (χ0n) is 22.0. The maximum atomic E-state index is 11.6.